The van der Waals surface area contributed by atoms with Gasteiger partial charge < -0.3 is 5.32 Å². The van der Waals surface area contributed by atoms with Gasteiger partial charge in [-0.1, -0.05) is 56.1 Å². The van der Waals surface area contributed by atoms with Crippen LogP contribution in [-0.2, 0) is 11.8 Å². The lowest BCUT2D eigenvalue weighted by molar-refractivity contribution is 0.589. The van der Waals surface area contributed by atoms with Crippen LogP contribution in [0.5, 0.6) is 0 Å². The van der Waals surface area contributed by atoms with Crippen molar-refractivity contribution in [3.63, 3.8) is 0 Å². The van der Waals surface area contributed by atoms with Gasteiger partial charge in [-0.2, -0.15) is 0 Å². The van der Waals surface area contributed by atoms with Gasteiger partial charge in [-0.15, -0.1) is 0 Å². The zero-order chi connectivity index (χ0) is 15.2. The number of hydrogen-bond donors (Lipinski definition) is 1. The molecule has 1 atom stereocenters. The fraction of sp³-hybridized carbons (Fsp3) is 0.333. The van der Waals surface area contributed by atoms with E-state index in [0.29, 0.717) is 0 Å². The summed E-state index contributed by atoms with van der Waals surface area (Å²) >= 11 is 12.4. The molecule has 0 amide bonds. The lowest BCUT2D eigenvalue weighted by atomic mass is 9.85. The minimum Gasteiger partial charge on any atom is -0.378 e. The third-order valence-corrected chi connectivity index (χ3v) is 4.64. The smallest absolute Gasteiger partial charge is 0.0570 e. The Labute approximate surface area is 136 Å². The van der Waals surface area contributed by atoms with Crippen molar-refractivity contribution in [2.24, 2.45) is 0 Å². The molecule has 0 spiro atoms. The number of benzene rings is 2. The summed E-state index contributed by atoms with van der Waals surface area (Å²) in [5, 5.41) is 5.04. The maximum absolute atomic E-state index is 6.32. The van der Waals surface area contributed by atoms with E-state index in [2.05, 4.69) is 44.3 Å². The third kappa shape index (κ3) is 2.90. The van der Waals surface area contributed by atoms with Crippen molar-refractivity contribution in [1.82, 2.24) is 0 Å². The Balaban J connectivity index is 1.93. The van der Waals surface area contributed by atoms with Crippen LogP contribution in [0.15, 0.2) is 36.4 Å². The van der Waals surface area contributed by atoms with Gasteiger partial charge in [-0.25, -0.2) is 0 Å². The van der Waals surface area contributed by atoms with Gasteiger partial charge in [0.2, 0.25) is 0 Å². The zero-order valence-corrected chi connectivity index (χ0v) is 14.0. The van der Waals surface area contributed by atoms with Gasteiger partial charge in [0.25, 0.3) is 0 Å². The molecule has 1 unspecified atom stereocenters. The number of rotatable bonds is 1. The van der Waals surface area contributed by atoms with Crippen LogP contribution >= 0.6 is 23.2 Å². The van der Waals surface area contributed by atoms with Crippen LogP contribution in [0.1, 0.15) is 43.5 Å². The first-order valence-electron chi connectivity index (χ1n) is 7.19. The molecule has 2 aromatic rings. The van der Waals surface area contributed by atoms with E-state index in [1.165, 1.54) is 16.8 Å². The molecule has 0 aliphatic carbocycles. The van der Waals surface area contributed by atoms with E-state index in [9.17, 15) is 0 Å². The summed E-state index contributed by atoms with van der Waals surface area (Å²) in [6, 6.07) is 12.5. The molecule has 1 heterocycles. The minimum absolute atomic E-state index is 0.167. The predicted molar refractivity (Wildman–Crippen MR) is 91.7 cm³/mol. The minimum atomic E-state index is 0.167. The molecule has 0 saturated heterocycles. The molecule has 3 heteroatoms. The highest BCUT2D eigenvalue weighted by atomic mass is 35.5. The molecular weight excluding hydrogens is 301 g/mol. The number of anilines is 1. The third-order valence-electron chi connectivity index (χ3n) is 4.06. The average molecular weight is 320 g/mol. The second-order valence-corrected chi connectivity index (χ2v) is 7.53. The Morgan fingerprint density at radius 2 is 1.81 bits per heavy atom. The summed E-state index contributed by atoms with van der Waals surface area (Å²) < 4.78 is 0. The van der Waals surface area contributed by atoms with Crippen molar-refractivity contribution >= 4 is 28.9 Å². The summed E-state index contributed by atoms with van der Waals surface area (Å²) in [6.45, 7) is 6.72. The fourth-order valence-corrected chi connectivity index (χ4v) is 3.23. The molecule has 0 fully saturated rings. The maximum Gasteiger partial charge on any atom is 0.0570 e. The molecule has 0 bridgehead atoms. The lowest BCUT2D eigenvalue weighted by Crippen LogP contribution is -2.10. The van der Waals surface area contributed by atoms with Crippen LogP contribution in [0, 0.1) is 0 Å². The first-order chi connectivity index (χ1) is 9.84. The molecule has 0 aromatic heterocycles. The highest BCUT2D eigenvalue weighted by Crippen LogP contribution is 2.39. The largest absolute Gasteiger partial charge is 0.378 e. The lowest BCUT2D eigenvalue weighted by Gasteiger charge is -2.19. The van der Waals surface area contributed by atoms with E-state index in [-0.39, 0.29) is 11.5 Å². The quantitative estimate of drug-likeness (QED) is 0.679. The Kier molecular flexibility index (Phi) is 3.67. The summed E-state index contributed by atoms with van der Waals surface area (Å²) in [7, 11) is 0. The number of halogens is 2. The second-order valence-electron chi connectivity index (χ2n) is 6.69. The number of hydrogen-bond acceptors (Lipinski definition) is 1. The molecule has 1 N–H and O–H groups in total. The van der Waals surface area contributed by atoms with Gasteiger partial charge in [0.1, 0.15) is 0 Å². The van der Waals surface area contributed by atoms with Crippen LogP contribution in [0.25, 0.3) is 0 Å². The molecule has 1 aliphatic heterocycles. The topological polar surface area (TPSA) is 12.0 Å². The summed E-state index contributed by atoms with van der Waals surface area (Å²) in [4.78, 5) is 0. The molecule has 3 rings (SSSR count). The van der Waals surface area contributed by atoms with Gasteiger partial charge in [-0.05, 0) is 52.8 Å². The highest BCUT2D eigenvalue weighted by molar-refractivity contribution is 6.33. The first kappa shape index (κ1) is 14.7. The Morgan fingerprint density at radius 3 is 2.52 bits per heavy atom. The predicted octanol–water partition coefficient (Wildman–Crippen LogP) is 6.00. The van der Waals surface area contributed by atoms with Crippen LogP contribution in [0.4, 0.5) is 5.69 Å². The van der Waals surface area contributed by atoms with Gasteiger partial charge in [0.05, 0.1) is 6.04 Å². The molecule has 2 aromatic carbocycles. The Bertz CT molecular complexity index is 686. The van der Waals surface area contributed by atoms with E-state index in [1.807, 2.05) is 18.2 Å². The van der Waals surface area contributed by atoms with Gasteiger partial charge in [-0.3, -0.25) is 0 Å². The monoisotopic (exact) mass is 319 g/mol. The fourth-order valence-electron chi connectivity index (χ4n) is 2.80. The van der Waals surface area contributed by atoms with Crippen molar-refractivity contribution in [2.75, 3.05) is 5.32 Å². The molecule has 0 saturated carbocycles. The van der Waals surface area contributed by atoms with E-state index >= 15 is 0 Å². The summed E-state index contributed by atoms with van der Waals surface area (Å²) in [5.41, 5.74) is 5.15. The van der Waals surface area contributed by atoms with Crippen molar-refractivity contribution in [3.05, 3.63) is 63.1 Å². The van der Waals surface area contributed by atoms with Crippen LogP contribution in [-0.4, -0.2) is 0 Å². The van der Waals surface area contributed by atoms with Crippen molar-refractivity contribution in [3.8, 4) is 0 Å². The number of nitrogens with one attached hydrogen (secondary N) is 1. The van der Waals surface area contributed by atoms with Crippen LogP contribution in [0.2, 0.25) is 10.0 Å². The summed E-state index contributed by atoms with van der Waals surface area (Å²) in [6.07, 6.45) is 0.944. The average Bonchev–Trinajstić information content (AvgIpc) is 2.83. The van der Waals surface area contributed by atoms with Gasteiger partial charge in [0.15, 0.2) is 0 Å². The van der Waals surface area contributed by atoms with Gasteiger partial charge in [0, 0.05) is 15.7 Å². The van der Waals surface area contributed by atoms with Crippen LogP contribution < -0.4 is 5.32 Å². The second kappa shape index (κ2) is 5.23. The number of fused-ring (bicyclic) bond motifs is 1. The van der Waals surface area contributed by atoms with Crippen LogP contribution in [0.3, 0.4) is 0 Å². The zero-order valence-electron chi connectivity index (χ0n) is 12.5. The highest BCUT2D eigenvalue weighted by Gasteiger charge is 2.25. The van der Waals surface area contributed by atoms with E-state index in [1.54, 1.807) is 0 Å². The van der Waals surface area contributed by atoms with Crippen molar-refractivity contribution in [1.29, 1.82) is 0 Å². The molecular formula is C18H19Cl2N. The molecule has 21 heavy (non-hydrogen) atoms. The Morgan fingerprint density at radius 1 is 1.05 bits per heavy atom. The van der Waals surface area contributed by atoms with Crippen molar-refractivity contribution < 1.29 is 0 Å². The molecule has 110 valence electrons. The standard InChI is InChI=1S/C18H19Cl2N/c1-18(2,3)12-4-7-16-11(8-12)9-17(21-16)14-10-13(19)5-6-15(14)20/h4-8,10,17,21H,9H2,1-3H3. The molecule has 1 nitrogen and oxygen atoms in total. The van der Waals surface area contributed by atoms with Gasteiger partial charge >= 0.3 is 0 Å². The Hall–Kier alpha value is -1.18. The SMILES string of the molecule is CC(C)(C)c1ccc2c(c1)CC(c1cc(Cl)ccc1Cl)N2. The van der Waals surface area contributed by atoms with E-state index in [0.717, 1.165) is 22.0 Å². The van der Waals surface area contributed by atoms with Crippen molar-refractivity contribution in [2.45, 2.75) is 38.6 Å². The molecule has 0 radical (unpaired) electrons. The maximum atomic E-state index is 6.32. The first-order valence-corrected chi connectivity index (χ1v) is 7.95. The van der Waals surface area contributed by atoms with E-state index < -0.39 is 0 Å². The van der Waals surface area contributed by atoms with E-state index in [4.69, 9.17) is 23.2 Å². The normalized spacial score (nSPS) is 17.5. The summed E-state index contributed by atoms with van der Waals surface area (Å²) in [5.74, 6) is 0. The molecule has 1 aliphatic rings.